The molecular weight excluding hydrogens is 236 g/mol. The van der Waals surface area contributed by atoms with Gasteiger partial charge < -0.3 is 4.74 Å². The molecule has 0 aromatic rings. The van der Waals surface area contributed by atoms with Gasteiger partial charge in [0.2, 0.25) is 0 Å². The van der Waals surface area contributed by atoms with Crippen LogP contribution >= 0.6 is 0 Å². The Morgan fingerprint density at radius 3 is 2.37 bits per heavy atom. The SMILES string of the molecule is CCCCC(CC)(N=NC(C)C)OC1CCCCC1. The molecule has 0 aromatic carbocycles. The summed E-state index contributed by atoms with van der Waals surface area (Å²) in [4.78, 5) is 0. The van der Waals surface area contributed by atoms with Crippen molar-refractivity contribution >= 4 is 0 Å². The number of nitrogens with zero attached hydrogens (tertiary/aromatic N) is 2. The molecule has 1 saturated carbocycles. The highest BCUT2D eigenvalue weighted by molar-refractivity contribution is 4.79. The first-order chi connectivity index (χ1) is 9.12. The molecule has 0 N–H and O–H groups in total. The maximum atomic E-state index is 6.42. The molecule has 1 unspecified atom stereocenters. The summed E-state index contributed by atoms with van der Waals surface area (Å²) in [5, 5.41) is 8.99. The van der Waals surface area contributed by atoms with Gasteiger partial charge in [0.25, 0.3) is 0 Å². The Morgan fingerprint density at radius 2 is 1.84 bits per heavy atom. The van der Waals surface area contributed by atoms with Gasteiger partial charge in [-0.2, -0.15) is 10.2 Å². The lowest BCUT2D eigenvalue weighted by Gasteiger charge is -2.34. The highest BCUT2D eigenvalue weighted by atomic mass is 16.5. The predicted molar refractivity (Wildman–Crippen MR) is 80.5 cm³/mol. The van der Waals surface area contributed by atoms with Crippen molar-refractivity contribution in [2.45, 2.75) is 103 Å². The standard InChI is InChI=1S/C16H32N2O/c1-5-7-13-16(6-2,18-17-14(3)4)19-15-11-9-8-10-12-15/h14-15H,5-13H2,1-4H3. The minimum Gasteiger partial charge on any atom is -0.349 e. The van der Waals surface area contributed by atoms with E-state index in [2.05, 4.69) is 37.9 Å². The lowest BCUT2D eigenvalue weighted by atomic mass is 9.96. The molecule has 19 heavy (non-hydrogen) atoms. The first-order valence-corrected chi connectivity index (χ1v) is 8.21. The number of ether oxygens (including phenoxy) is 1. The molecule has 112 valence electrons. The largest absolute Gasteiger partial charge is 0.349 e. The van der Waals surface area contributed by atoms with Gasteiger partial charge in [-0.15, -0.1) is 0 Å². The molecule has 0 bridgehead atoms. The van der Waals surface area contributed by atoms with Gasteiger partial charge in [-0.25, -0.2) is 0 Å². The predicted octanol–water partition coefficient (Wildman–Crippen LogP) is 5.49. The van der Waals surface area contributed by atoms with Gasteiger partial charge >= 0.3 is 0 Å². The van der Waals surface area contributed by atoms with Crippen molar-refractivity contribution in [1.82, 2.24) is 0 Å². The molecule has 0 radical (unpaired) electrons. The summed E-state index contributed by atoms with van der Waals surface area (Å²) in [6, 6.07) is 0.252. The second-order valence-electron chi connectivity index (χ2n) is 6.09. The molecule has 1 fully saturated rings. The molecule has 3 nitrogen and oxygen atoms in total. The average molecular weight is 268 g/mol. The molecule has 1 aliphatic carbocycles. The quantitative estimate of drug-likeness (QED) is 0.536. The van der Waals surface area contributed by atoms with E-state index in [-0.39, 0.29) is 11.8 Å². The molecule has 1 atom stereocenters. The zero-order valence-corrected chi connectivity index (χ0v) is 13.3. The van der Waals surface area contributed by atoms with Gasteiger partial charge in [0.15, 0.2) is 5.72 Å². The number of rotatable bonds is 8. The fraction of sp³-hybridized carbons (Fsp3) is 1.00. The van der Waals surface area contributed by atoms with E-state index in [0.717, 1.165) is 19.3 Å². The lowest BCUT2D eigenvalue weighted by molar-refractivity contribution is -0.112. The van der Waals surface area contributed by atoms with Crippen LogP contribution in [0.4, 0.5) is 0 Å². The van der Waals surface area contributed by atoms with Gasteiger partial charge in [-0.1, -0.05) is 39.5 Å². The Balaban J connectivity index is 2.69. The zero-order valence-electron chi connectivity index (χ0n) is 13.3. The normalized spacial score (nSPS) is 21.1. The van der Waals surface area contributed by atoms with Crippen molar-refractivity contribution in [2.24, 2.45) is 10.2 Å². The highest BCUT2D eigenvalue weighted by Crippen LogP contribution is 2.32. The summed E-state index contributed by atoms with van der Waals surface area (Å²) in [6.45, 7) is 8.55. The maximum absolute atomic E-state index is 6.42. The van der Waals surface area contributed by atoms with Crippen LogP contribution < -0.4 is 0 Å². The Kier molecular flexibility index (Phi) is 7.59. The van der Waals surface area contributed by atoms with Gasteiger partial charge in [0.1, 0.15) is 0 Å². The highest BCUT2D eigenvalue weighted by Gasteiger charge is 2.32. The van der Waals surface area contributed by atoms with E-state index >= 15 is 0 Å². The first-order valence-electron chi connectivity index (χ1n) is 8.21. The number of hydrogen-bond acceptors (Lipinski definition) is 3. The van der Waals surface area contributed by atoms with Crippen LogP contribution in [-0.4, -0.2) is 17.9 Å². The summed E-state index contributed by atoms with van der Waals surface area (Å²) >= 11 is 0. The second-order valence-corrected chi connectivity index (χ2v) is 6.09. The smallest absolute Gasteiger partial charge is 0.178 e. The van der Waals surface area contributed by atoms with E-state index in [1.54, 1.807) is 0 Å². The number of hydrogen-bond donors (Lipinski definition) is 0. The van der Waals surface area contributed by atoms with Gasteiger partial charge in [0.05, 0.1) is 12.1 Å². The van der Waals surface area contributed by atoms with Crippen LogP contribution in [-0.2, 0) is 4.74 Å². The Labute approximate surface area is 119 Å². The Hall–Kier alpha value is -0.440. The van der Waals surface area contributed by atoms with Crippen LogP contribution in [0.15, 0.2) is 10.2 Å². The molecule has 0 saturated heterocycles. The maximum Gasteiger partial charge on any atom is 0.178 e. The van der Waals surface area contributed by atoms with Crippen molar-refractivity contribution < 1.29 is 4.74 Å². The third-order valence-corrected chi connectivity index (χ3v) is 3.88. The molecule has 0 aliphatic heterocycles. The van der Waals surface area contributed by atoms with E-state index < -0.39 is 0 Å². The third kappa shape index (κ3) is 6.03. The summed E-state index contributed by atoms with van der Waals surface area (Å²) in [5.41, 5.74) is -0.359. The van der Waals surface area contributed by atoms with E-state index in [0.29, 0.717) is 6.10 Å². The topological polar surface area (TPSA) is 34.0 Å². The molecule has 0 amide bonds. The van der Waals surface area contributed by atoms with Crippen LogP contribution in [0, 0.1) is 0 Å². The van der Waals surface area contributed by atoms with Crippen LogP contribution in [0.1, 0.15) is 85.5 Å². The minimum absolute atomic E-state index is 0.252. The van der Waals surface area contributed by atoms with Gasteiger partial charge in [-0.05, 0) is 46.0 Å². The molecule has 0 heterocycles. The fourth-order valence-electron chi connectivity index (χ4n) is 2.63. The van der Waals surface area contributed by atoms with Crippen LogP contribution in [0.25, 0.3) is 0 Å². The van der Waals surface area contributed by atoms with Crippen molar-refractivity contribution in [3.05, 3.63) is 0 Å². The molecule has 1 aliphatic rings. The van der Waals surface area contributed by atoms with E-state index in [1.165, 1.54) is 38.5 Å². The first kappa shape index (κ1) is 16.6. The molecular formula is C16H32N2O. The van der Waals surface area contributed by atoms with Crippen molar-refractivity contribution in [2.75, 3.05) is 0 Å². The van der Waals surface area contributed by atoms with E-state index in [9.17, 15) is 0 Å². The Morgan fingerprint density at radius 1 is 1.16 bits per heavy atom. The third-order valence-electron chi connectivity index (χ3n) is 3.88. The average Bonchev–Trinajstić information content (AvgIpc) is 2.43. The second kappa shape index (κ2) is 8.68. The zero-order chi connectivity index (χ0) is 14.1. The van der Waals surface area contributed by atoms with E-state index in [1.807, 2.05) is 0 Å². The number of unbranched alkanes of at least 4 members (excludes halogenated alkanes) is 1. The fourth-order valence-corrected chi connectivity index (χ4v) is 2.63. The van der Waals surface area contributed by atoms with Gasteiger partial charge in [0, 0.05) is 0 Å². The van der Waals surface area contributed by atoms with E-state index in [4.69, 9.17) is 4.74 Å². The van der Waals surface area contributed by atoms with Gasteiger partial charge in [-0.3, -0.25) is 0 Å². The lowest BCUT2D eigenvalue weighted by Crippen LogP contribution is -2.35. The molecule has 0 spiro atoms. The summed E-state index contributed by atoms with van der Waals surface area (Å²) in [5.74, 6) is 0. The summed E-state index contributed by atoms with van der Waals surface area (Å²) in [7, 11) is 0. The molecule has 1 rings (SSSR count). The van der Waals surface area contributed by atoms with Crippen molar-refractivity contribution in [3.63, 3.8) is 0 Å². The summed E-state index contributed by atoms with van der Waals surface area (Å²) in [6.07, 6.45) is 11.1. The van der Waals surface area contributed by atoms with Crippen LogP contribution in [0.2, 0.25) is 0 Å². The monoisotopic (exact) mass is 268 g/mol. The Bertz CT molecular complexity index is 259. The van der Waals surface area contributed by atoms with Crippen molar-refractivity contribution in [3.8, 4) is 0 Å². The minimum atomic E-state index is -0.359. The van der Waals surface area contributed by atoms with Crippen LogP contribution in [0.3, 0.4) is 0 Å². The number of azo groups is 1. The molecule has 3 heteroatoms. The van der Waals surface area contributed by atoms with Crippen molar-refractivity contribution in [1.29, 1.82) is 0 Å². The van der Waals surface area contributed by atoms with Crippen LogP contribution in [0.5, 0.6) is 0 Å². The molecule has 0 aromatic heterocycles. The summed E-state index contributed by atoms with van der Waals surface area (Å²) < 4.78 is 6.42.